The lowest BCUT2D eigenvalue weighted by molar-refractivity contribution is -0.830. The van der Waals surface area contributed by atoms with Gasteiger partial charge in [0, 0.05) is 12.8 Å². The molecule has 1 heterocycles. The Labute approximate surface area is 124 Å². The number of aryl methyl sites for hydroxylation is 1. The maximum absolute atomic E-state index is 11.2. The number of rotatable bonds is 2. The molecule has 0 aromatic heterocycles. The zero-order chi connectivity index (χ0) is 13.0. The van der Waals surface area contributed by atoms with Gasteiger partial charge in [-0.2, -0.15) is 10.4 Å². The van der Waals surface area contributed by atoms with Crippen LogP contribution in [0.2, 0.25) is 0 Å². The molecule has 1 saturated heterocycles. The maximum atomic E-state index is 11.2. The molecule has 1 aliphatic rings. The lowest BCUT2D eigenvalue weighted by Gasteiger charge is -2.11. The van der Waals surface area contributed by atoms with E-state index in [2.05, 4.69) is 41.6 Å². The van der Waals surface area contributed by atoms with Crippen LogP contribution in [0, 0.1) is 6.92 Å². The molecule has 0 radical (unpaired) electrons. The van der Waals surface area contributed by atoms with Crippen molar-refractivity contribution in [1.29, 1.82) is 0 Å². The van der Waals surface area contributed by atoms with Crippen molar-refractivity contribution in [2.24, 2.45) is 4.99 Å². The Kier molecular flexibility index (Phi) is 6.34. The number of amides is 1. The molecule has 19 heavy (non-hydrogen) atoms. The largest absolute Gasteiger partial charge is 1.00 e. The van der Waals surface area contributed by atoms with Crippen molar-refractivity contribution < 1.29 is 22.2 Å². The van der Waals surface area contributed by atoms with Crippen LogP contribution in [0.1, 0.15) is 17.5 Å². The number of aliphatic imine (C=N–C) groups is 1. The van der Waals surface area contributed by atoms with E-state index in [1.807, 2.05) is 0 Å². The summed E-state index contributed by atoms with van der Waals surface area (Å²) in [5.74, 6) is 0.980. The standard InChI is InChI=1S/C13H17N3OS.ClH/c1-10-3-5-11(6-4-10)9-18-13(14-2)16-8-7-12(17)15-16;/h3-6H,7-9H2,1-2H3,(H,15,17);1H. The van der Waals surface area contributed by atoms with Gasteiger partial charge >= 0.3 is 0 Å². The van der Waals surface area contributed by atoms with E-state index in [1.165, 1.54) is 11.1 Å². The van der Waals surface area contributed by atoms with E-state index in [-0.39, 0.29) is 18.3 Å². The number of nitrogens with zero attached hydrogens (tertiary/aromatic N) is 1. The molecule has 1 aromatic rings. The minimum atomic E-state index is 0. The molecule has 0 bridgehead atoms. The fraction of sp³-hybridized carbons (Fsp3) is 0.385. The minimum Gasteiger partial charge on any atom is -1.00 e. The van der Waals surface area contributed by atoms with Crippen molar-refractivity contribution in [3.05, 3.63) is 35.4 Å². The van der Waals surface area contributed by atoms with Crippen LogP contribution < -0.4 is 22.8 Å². The lowest BCUT2D eigenvalue weighted by atomic mass is 10.2. The van der Waals surface area contributed by atoms with E-state index in [9.17, 15) is 4.79 Å². The van der Waals surface area contributed by atoms with Crippen LogP contribution in [0.25, 0.3) is 0 Å². The number of amidine groups is 1. The second-order valence-electron chi connectivity index (χ2n) is 4.33. The van der Waals surface area contributed by atoms with Gasteiger partial charge in [0.25, 0.3) is 11.1 Å². The normalized spacial score (nSPS) is 18.9. The number of carbonyl (C=O) groups excluding carboxylic acids is 1. The molecule has 6 heteroatoms. The molecule has 1 atom stereocenters. The first-order chi connectivity index (χ1) is 8.69. The average molecular weight is 300 g/mol. The summed E-state index contributed by atoms with van der Waals surface area (Å²) >= 11 is 1.68. The van der Waals surface area contributed by atoms with E-state index < -0.39 is 0 Å². The van der Waals surface area contributed by atoms with E-state index >= 15 is 0 Å². The molecule has 4 nitrogen and oxygen atoms in total. The second kappa shape index (κ2) is 7.53. The lowest BCUT2D eigenvalue weighted by Crippen LogP contribution is -3.18. The highest BCUT2D eigenvalue weighted by Crippen LogP contribution is 2.12. The first-order valence-electron chi connectivity index (χ1n) is 6.00. The van der Waals surface area contributed by atoms with Gasteiger partial charge < -0.3 is 12.4 Å². The van der Waals surface area contributed by atoms with Gasteiger partial charge in [0.1, 0.15) is 6.54 Å². The molecule has 2 N–H and O–H groups in total. The summed E-state index contributed by atoms with van der Waals surface area (Å²) in [6.45, 7) is 2.87. The predicted molar refractivity (Wildman–Crippen MR) is 74.4 cm³/mol. The number of thioether (sulfide) groups is 1. The Morgan fingerprint density at radius 1 is 1.42 bits per heavy atom. The third-order valence-electron chi connectivity index (χ3n) is 2.85. The van der Waals surface area contributed by atoms with Gasteiger partial charge in [0.15, 0.2) is 0 Å². The first-order valence-corrected chi connectivity index (χ1v) is 6.99. The molecule has 104 valence electrons. The zero-order valence-corrected chi connectivity index (χ0v) is 12.6. The van der Waals surface area contributed by atoms with Gasteiger partial charge in [0.05, 0.1) is 6.42 Å². The highest BCUT2D eigenvalue weighted by atomic mass is 35.5. The van der Waals surface area contributed by atoms with E-state index in [0.717, 1.165) is 22.5 Å². The highest BCUT2D eigenvalue weighted by molar-refractivity contribution is 8.12. The van der Waals surface area contributed by atoms with Crippen LogP contribution in [-0.4, -0.2) is 24.7 Å². The van der Waals surface area contributed by atoms with Crippen molar-refractivity contribution in [2.45, 2.75) is 19.1 Å². The quantitative estimate of drug-likeness (QED) is 0.470. The molecule has 2 rings (SSSR count). The van der Waals surface area contributed by atoms with Crippen LogP contribution >= 0.6 is 11.8 Å². The summed E-state index contributed by atoms with van der Waals surface area (Å²) in [7, 11) is 1.77. The molecule has 1 unspecified atom stereocenters. The molecule has 0 spiro atoms. The molecule has 1 amide bonds. The number of hydrogen-bond donors (Lipinski definition) is 2. The van der Waals surface area contributed by atoms with Crippen LogP contribution in [0.15, 0.2) is 29.3 Å². The topological polar surface area (TPSA) is 45.9 Å². The van der Waals surface area contributed by atoms with Crippen molar-refractivity contribution in [2.75, 3.05) is 13.6 Å². The summed E-state index contributed by atoms with van der Waals surface area (Å²) in [5.41, 5.74) is 5.42. The molecule has 0 saturated carbocycles. The summed E-state index contributed by atoms with van der Waals surface area (Å²) in [6, 6.07) is 8.49. The summed E-state index contributed by atoms with van der Waals surface area (Å²) in [6.07, 6.45) is 0.583. The Bertz CT molecular complexity index is 461. The van der Waals surface area contributed by atoms with Gasteiger partial charge in [0.2, 0.25) is 0 Å². The maximum Gasteiger partial charge on any atom is 0.282 e. The van der Waals surface area contributed by atoms with E-state index in [1.54, 1.807) is 18.8 Å². The van der Waals surface area contributed by atoms with Crippen LogP contribution in [0.5, 0.6) is 0 Å². The van der Waals surface area contributed by atoms with Gasteiger partial charge in [-0.05, 0) is 24.2 Å². The minimum absolute atomic E-state index is 0. The first kappa shape index (κ1) is 16.0. The summed E-state index contributed by atoms with van der Waals surface area (Å²) in [4.78, 5) is 15.5. The monoisotopic (exact) mass is 299 g/mol. The van der Waals surface area contributed by atoms with Gasteiger partial charge in [-0.25, -0.2) is 4.99 Å². The fourth-order valence-electron chi connectivity index (χ4n) is 1.81. The van der Waals surface area contributed by atoms with Gasteiger partial charge in [-0.3, -0.25) is 4.79 Å². The Morgan fingerprint density at radius 2 is 2.11 bits per heavy atom. The predicted octanol–water partition coefficient (Wildman–Crippen LogP) is -2.46. The highest BCUT2D eigenvalue weighted by Gasteiger charge is 2.27. The van der Waals surface area contributed by atoms with Crippen molar-refractivity contribution in [3.63, 3.8) is 0 Å². The molecule has 1 aliphatic heterocycles. The molecular weight excluding hydrogens is 282 g/mol. The number of quaternary nitrogens is 1. The van der Waals surface area contributed by atoms with Crippen LogP contribution in [0.4, 0.5) is 0 Å². The summed E-state index contributed by atoms with van der Waals surface area (Å²) in [5, 5.41) is 1.92. The molecular formula is C13H18ClN3OS. The van der Waals surface area contributed by atoms with Crippen LogP contribution in [-0.2, 0) is 10.5 Å². The summed E-state index contributed by atoms with van der Waals surface area (Å²) < 4.78 is 0. The van der Waals surface area contributed by atoms with Crippen LogP contribution in [0.3, 0.4) is 0 Å². The average Bonchev–Trinajstić information content (AvgIpc) is 2.79. The van der Waals surface area contributed by atoms with Crippen molar-refractivity contribution in [1.82, 2.24) is 5.43 Å². The number of hydrogen-bond acceptors (Lipinski definition) is 3. The van der Waals surface area contributed by atoms with Crippen molar-refractivity contribution >= 4 is 22.8 Å². The molecule has 1 fully saturated rings. The van der Waals surface area contributed by atoms with E-state index in [0.29, 0.717) is 6.42 Å². The SMILES string of the molecule is CN=C(SCc1ccc(C)cc1)[NH+]1CCC(=O)N1.[Cl-]. The number of carbonyl (C=O) groups is 1. The van der Waals surface area contributed by atoms with Gasteiger partial charge in [-0.15, -0.1) is 0 Å². The number of nitrogens with one attached hydrogen (secondary N) is 2. The Morgan fingerprint density at radius 3 is 2.63 bits per heavy atom. The molecule has 1 aromatic carbocycles. The van der Waals surface area contributed by atoms with E-state index in [4.69, 9.17) is 0 Å². The zero-order valence-electron chi connectivity index (χ0n) is 11.1. The smallest absolute Gasteiger partial charge is 0.282 e. The number of halogens is 1. The van der Waals surface area contributed by atoms with Gasteiger partial charge in [-0.1, -0.05) is 29.8 Å². The Hall–Kier alpha value is -1.04. The van der Waals surface area contributed by atoms with Crippen molar-refractivity contribution in [3.8, 4) is 0 Å². The Balaban J connectivity index is 0.00000180. The fourth-order valence-corrected chi connectivity index (χ4v) is 2.77. The number of benzene rings is 1. The third-order valence-corrected chi connectivity index (χ3v) is 4.03. The second-order valence-corrected chi connectivity index (χ2v) is 5.29. The third kappa shape index (κ3) is 4.53. The molecule has 0 aliphatic carbocycles.